The van der Waals surface area contributed by atoms with Gasteiger partial charge in [-0.15, -0.1) is 0 Å². The van der Waals surface area contributed by atoms with Crippen LogP contribution in [-0.4, -0.2) is 38.8 Å². The highest BCUT2D eigenvalue weighted by Crippen LogP contribution is 2.36. The van der Waals surface area contributed by atoms with E-state index in [9.17, 15) is 4.79 Å². The summed E-state index contributed by atoms with van der Waals surface area (Å²) in [6.07, 6.45) is 8.89. The van der Waals surface area contributed by atoms with E-state index in [0.717, 1.165) is 41.5 Å². The molecule has 4 aromatic rings. The number of benzene rings is 1. The number of nitrogens with one attached hydrogen (secondary N) is 2. The predicted molar refractivity (Wildman–Crippen MR) is 134 cm³/mol. The van der Waals surface area contributed by atoms with Crippen molar-refractivity contribution >= 4 is 16.9 Å². The number of nitrogens with zero attached hydrogens (tertiary/aromatic N) is 3. The highest BCUT2D eigenvalue weighted by Gasteiger charge is 2.28. The molecule has 2 aliphatic rings. The van der Waals surface area contributed by atoms with E-state index >= 15 is 0 Å². The van der Waals surface area contributed by atoms with Gasteiger partial charge in [0.1, 0.15) is 11.3 Å². The zero-order valence-electron chi connectivity index (χ0n) is 19.7. The minimum Gasteiger partial charge on any atom is -0.346 e. The molecule has 6 nitrogen and oxygen atoms in total. The first-order valence-corrected chi connectivity index (χ1v) is 12.1. The summed E-state index contributed by atoms with van der Waals surface area (Å²) in [7, 11) is 0. The van der Waals surface area contributed by atoms with Crippen molar-refractivity contribution < 1.29 is 4.79 Å². The molecule has 1 atom stereocenters. The van der Waals surface area contributed by atoms with Crippen LogP contribution in [0, 0.1) is 13.8 Å². The van der Waals surface area contributed by atoms with E-state index in [1.807, 2.05) is 36.4 Å². The molecule has 0 unspecified atom stereocenters. The first-order valence-electron chi connectivity index (χ1n) is 12.1. The lowest BCUT2D eigenvalue weighted by Crippen LogP contribution is -2.37. The Labute approximate surface area is 199 Å². The van der Waals surface area contributed by atoms with E-state index in [2.05, 4.69) is 45.4 Å². The van der Waals surface area contributed by atoms with E-state index in [4.69, 9.17) is 0 Å². The molecule has 172 valence electrons. The van der Waals surface area contributed by atoms with E-state index < -0.39 is 0 Å². The van der Waals surface area contributed by atoms with Crippen LogP contribution in [-0.2, 0) is 13.0 Å². The first kappa shape index (κ1) is 21.1. The van der Waals surface area contributed by atoms with Crippen LogP contribution < -0.4 is 5.32 Å². The summed E-state index contributed by atoms with van der Waals surface area (Å²) in [4.78, 5) is 27.4. The second-order valence-electron chi connectivity index (χ2n) is 9.64. The molecule has 2 aliphatic heterocycles. The van der Waals surface area contributed by atoms with Crippen LogP contribution in [0.4, 0.5) is 0 Å². The molecule has 3 aromatic heterocycles. The Bertz CT molecular complexity index is 1380. The molecular formula is C28H29N5O. The van der Waals surface area contributed by atoms with Crippen molar-refractivity contribution in [3.63, 3.8) is 0 Å². The molecule has 0 spiro atoms. The Morgan fingerprint density at radius 2 is 2.00 bits per heavy atom. The van der Waals surface area contributed by atoms with E-state index in [1.54, 1.807) is 6.20 Å². The normalized spacial score (nSPS) is 17.8. The Kier molecular flexibility index (Phi) is 5.18. The molecule has 1 saturated heterocycles. The Balaban J connectivity index is 1.39. The van der Waals surface area contributed by atoms with Gasteiger partial charge in [-0.25, -0.2) is 4.98 Å². The van der Waals surface area contributed by atoms with Gasteiger partial charge in [-0.1, -0.05) is 12.1 Å². The number of carbonyl (C=O) groups excluding carboxylic acids is 1. The first-order chi connectivity index (χ1) is 16.6. The molecule has 34 heavy (non-hydrogen) atoms. The molecule has 1 fully saturated rings. The third kappa shape index (κ3) is 3.68. The molecule has 2 N–H and O–H groups in total. The summed E-state index contributed by atoms with van der Waals surface area (Å²) in [6, 6.07) is 11.0. The van der Waals surface area contributed by atoms with Crippen molar-refractivity contribution in [3.05, 3.63) is 82.4 Å². The fourth-order valence-corrected chi connectivity index (χ4v) is 5.35. The largest absolute Gasteiger partial charge is 0.346 e. The zero-order chi connectivity index (χ0) is 23.2. The maximum Gasteiger partial charge on any atom is 0.272 e. The molecule has 0 saturated carbocycles. The topological polar surface area (TPSA) is 73.9 Å². The average Bonchev–Trinajstić information content (AvgIpc) is 3.53. The zero-order valence-corrected chi connectivity index (χ0v) is 19.7. The molecule has 5 heterocycles. The number of aromatic amines is 1. The third-order valence-corrected chi connectivity index (χ3v) is 7.30. The quantitative estimate of drug-likeness (QED) is 0.466. The number of H-pyrrole nitrogens is 1. The molecular weight excluding hydrogens is 422 g/mol. The van der Waals surface area contributed by atoms with E-state index in [0.29, 0.717) is 24.8 Å². The fourth-order valence-electron chi connectivity index (χ4n) is 5.35. The van der Waals surface area contributed by atoms with Crippen molar-refractivity contribution in [2.24, 2.45) is 0 Å². The second-order valence-corrected chi connectivity index (χ2v) is 9.64. The number of hydrogen-bond acceptors (Lipinski definition) is 4. The lowest BCUT2D eigenvalue weighted by Gasteiger charge is -2.32. The van der Waals surface area contributed by atoms with Crippen molar-refractivity contribution in [3.8, 4) is 11.1 Å². The van der Waals surface area contributed by atoms with Crippen molar-refractivity contribution in [1.29, 1.82) is 0 Å². The van der Waals surface area contributed by atoms with Gasteiger partial charge in [0.25, 0.3) is 5.91 Å². The van der Waals surface area contributed by atoms with Crippen molar-refractivity contribution in [2.45, 2.75) is 45.7 Å². The highest BCUT2D eigenvalue weighted by molar-refractivity contribution is 5.92. The number of aryl methyl sites for hydroxylation is 2. The average molecular weight is 452 g/mol. The summed E-state index contributed by atoms with van der Waals surface area (Å²) in [5.74, 6) is 0.0117. The van der Waals surface area contributed by atoms with Gasteiger partial charge in [0.15, 0.2) is 0 Å². The van der Waals surface area contributed by atoms with Crippen LogP contribution >= 0.6 is 0 Å². The van der Waals surface area contributed by atoms with Crippen molar-refractivity contribution in [2.75, 3.05) is 13.1 Å². The molecule has 0 radical (unpaired) electrons. The molecule has 0 aliphatic carbocycles. The van der Waals surface area contributed by atoms with E-state index in [1.165, 1.54) is 34.2 Å². The van der Waals surface area contributed by atoms with Gasteiger partial charge in [-0.3, -0.25) is 9.78 Å². The minimum atomic E-state index is 0.0117. The Morgan fingerprint density at radius 3 is 2.79 bits per heavy atom. The summed E-state index contributed by atoms with van der Waals surface area (Å²) < 4.78 is 0. The number of amides is 1. The predicted octanol–water partition coefficient (Wildman–Crippen LogP) is 4.86. The van der Waals surface area contributed by atoms with Crippen LogP contribution in [0.5, 0.6) is 0 Å². The van der Waals surface area contributed by atoms with Crippen molar-refractivity contribution in [1.82, 2.24) is 25.2 Å². The van der Waals surface area contributed by atoms with Gasteiger partial charge in [0, 0.05) is 48.7 Å². The Hall–Kier alpha value is -3.51. The molecule has 0 bridgehead atoms. The van der Waals surface area contributed by atoms with E-state index in [-0.39, 0.29) is 5.91 Å². The summed E-state index contributed by atoms with van der Waals surface area (Å²) in [6.45, 7) is 6.47. The lowest BCUT2D eigenvalue weighted by atomic mass is 9.87. The third-order valence-electron chi connectivity index (χ3n) is 7.30. The van der Waals surface area contributed by atoms with Crippen LogP contribution in [0.2, 0.25) is 0 Å². The van der Waals surface area contributed by atoms with Gasteiger partial charge >= 0.3 is 0 Å². The second kappa shape index (κ2) is 8.37. The molecule has 1 aromatic carbocycles. The summed E-state index contributed by atoms with van der Waals surface area (Å²) in [5.41, 5.74) is 10.0. The van der Waals surface area contributed by atoms with Gasteiger partial charge < -0.3 is 15.2 Å². The summed E-state index contributed by atoms with van der Waals surface area (Å²) >= 11 is 0. The highest BCUT2D eigenvalue weighted by atomic mass is 16.2. The smallest absolute Gasteiger partial charge is 0.272 e. The number of rotatable bonds is 3. The molecule has 1 amide bonds. The van der Waals surface area contributed by atoms with Gasteiger partial charge in [0.05, 0.1) is 0 Å². The number of fused-ring (bicyclic) bond motifs is 2. The standard InChI is InChI=1S/C28H29N5O/c1-17-5-6-26(30-13-17)28(34)33-9-7-19-10-20(11-23(24(19)16-33)25-4-3-8-29-25)21-12-22-18(2)14-31-27(22)32-15-21/h5-6,10-15,25,29H,3-4,7-9,16H2,1-2H3,(H,31,32)/t25-/m0/s1. The van der Waals surface area contributed by atoms with Crippen LogP contribution in [0.25, 0.3) is 22.2 Å². The monoisotopic (exact) mass is 451 g/mol. The maximum atomic E-state index is 13.2. The number of hydrogen-bond donors (Lipinski definition) is 2. The number of pyridine rings is 2. The van der Waals surface area contributed by atoms with Crippen LogP contribution in [0.15, 0.2) is 48.9 Å². The van der Waals surface area contributed by atoms with Crippen LogP contribution in [0.3, 0.4) is 0 Å². The number of carbonyl (C=O) groups is 1. The Morgan fingerprint density at radius 1 is 1.09 bits per heavy atom. The van der Waals surface area contributed by atoms with Gasteiger partial charge in [-0.2, -0.15) is 0 Å². The SMILES string of the molecule is Cc1ccc(C(=O)N2CCc3cc(-c4cnc5[nH]cc(C)c5c4)cc([C@@H]4CCCN4)c3C2)nc1. The number of aromatic nitrogens is 3. The van der Waals surface area contributed by atoms with Gasteiger partial charge in [-0.05, 0) is 91.2 Å². The molecule has 6 heteroatoms. The minimum absolute atomic E-state index is 0.0117. The van der Waals surface area contributed by atoms with Gasteiger partial charge in [0.2, 0.25) is 0 Å². The lowest BCUT2D eigenvalue weighted by molar-refractivity contribution is 0.0728. The van der Waals surface area contributed by atoms with Crippen LogP contribution in [0.1, 0.15) is 57.2 Å². The summed E-state index contributed by atoms with van der Waals surface area (Å²) in [5, 5.41) is 4.85. The maximum absolute atomic E-state index is 13.2. The molecule has 6 rings (SSSR count). The fraction of sp³-hybridized carbons (Fsp3) is 0.321.